The number of aliphatic hydroxyl groups excluding tert-OH is 1. The molecule has 0 aromatic carbocycles. The fourth-order valence-electron chi connectivity index (χ4n) is 3.70. The average Bonchev–Trinajstić information content (AvgIpc) is 3.16. The molecule has 7 nitrogen and oxygen atoms in total. The van der Waals surface area contributed by atoms with Crippen molar-refractivity contribution < 1.29 is 24.2 Å². The largest absolute Gasteiger partial charge is 0.463 e. The lowest BCUT2D eigenvalue weighted by atomic mass is 9.86. The number of hydrogen-bond donors (Lipinski definition) is 3. The smallest absolute Gasteiger partial charge is 0.306 e. The van der Waals surface area contributed by atoms with Crippen LogP contribution in [0.2, 0.25) is 0 Å². The van der Waals surface area contributed by atoms with E-state index in [1.807, 2.05) is 20.8 Å². The summed E-state index contributed by atoms with van der Waals surface area (Å²) >= 11 is 0. The molecule has 2 amide bonds. The minimum absolute atomic E-state index is 0.00951. The molecule has 31 heavy (non-hydrogen) atoms. The SMILES string of the molecule is C=CCCC(=O)OC[C@@H](NC(=O)[C@@H](CC=C)CC(=O)NC1(CO)CCCC1)C(C)(C)C. The van der Waals surface area contributed by atoms with Crippen molar-refractivity contribution in [2.45, 2.75) is 83.7 Å². The van der Waals surface area contributed by atoms with E-state index in [-0.39, 0.29) is 49.3 Å². The Morgan fingerprint density at radius 1 is 1.16 bits per heavy atom. The number of rotatable bonds is 13. The van der Waals surface area contributed by atoms with Gasteiger partial charge in [0.2, 0.25) is 11.8 Å². The monoisotopic (exact) mass is 436 g/mol. The van der Waals surface area contributed by atoms with Gasteiger partial charge in [-0.3, -0.25) is 14.4 Å². The number of esters is 1. The molecule has 176 valence electrons. The summed E-state index contributed by atoms with van der Waals surface area (Å²) in [6.45, 7) is 13.1. The molecule has 0 aromatic rings. The predicted octanol–water partition coefficient (Wildman–Crippen LogP) is 3.03. The van der Waals surface area contributed by atoms with Gasteiger partial charge in [0, 0.05) is 12.8 Å². The first-order chi connectivity index (χ1) is 14.6. The first kappa shape index (κ1) is 26.9. The van der Waals surface area contributed by atoms with Crippen LogP contribution in [0.25, 0.3) is 0 Å². The van der Waals surface area contributed by atoms with Gasteiger partial charge in [0.25, 0.3) is 0 Å². The third kappa shape index (κ3) is 9.25. The van der Waals surface area contributed by atoms with E-state index >= 15 is 0 Å². The van der Waals surface area contributed by atoms with Crippen molar-refractivity contribution in [1.29, 1.82) is 0 Å². The van der Waals surface area contributed by atoms with E-state index in [4.69, 9.17) is 4.74 Å². The number of aliphatic hydroxyl groups is 1. The highest BCUT2D eigenvalue weighted by Crippen LogP contribution is 2.29. The molecule has 1 fully saturated rings. The number of carbonyl (C=O) groups excluding carboxylic acids is 3. The van der Waals surface area contributed by atoms with Crippen molar-refractivity contribution in [2.75, 3.05) is 13.2 Å². The third-order valence-electron chi connectivity index (χ3n) is 5.85. The number of allylic oxidation sites excluding steroid dienone is 2. The predicted molar refractivity (Wildman–Crippen MR) is 121 cm³/mol. The van der Waals surface area contributed by atoms with Crippen LogP contribution in [0, 0.1) is 11.3 Å². The molecule has 2 atom stereocenters. The molecule has 0 aromatic heterocycles. The topological polar surface area (TPSA) is 105 Å². The van der Waals surface area contributed by atoms with Gasteiger partial charge in [-0.2, -0.15) is 0 Å². The Labute approximate surface area is 186 Å². The highest BCUT2D eigenvalue weighted by Gasteiger charge is 2.36. The van der Waals surface area contributed by atoms with Crippen molar-refractivity contribution in [2.24, 2.45) is 11.3 Å². The van der Waals surface area contributed by atoms with E-state index in [2.05, 4.69) is 23.8 Å². The molecule has 0 aliphatic heterocycles. The fraction of sp³-hybridized carbons (Fsp3) is 0.708. The molecule has 3 N–H and O–H groups in total. The molecule has 0 bridgehead atoms. The normalized spacial score (nSPS) is 17.3. The Kier molecular flexibility index (Phi) is 11.0. The maximum atomic E-state index is 13.0. The molecule has 0 unspecified atom stereocenters. The Hall–Kier alpha value is -2.15. The van der Waals surface area contributed by atoms with Crippen LogP contribution < -0.4 is 10.6 Å². The Balaban J connectivity index is 2.74. The van der Waals surface area contributed by atoms with Crippen LogP contribution in [0.1, 0.15) is 72.1 Å². The van der Waals surface area contributed by atoms with E-state index < -0.39 is 17.5 Å². The summed E-state index contributed by atoms with van der Waals surface area (Å²) in [5, 5.41) is 15.6. The standard InChI is InChI=1S/C24H40N2O5/c1-6-8-12-21(29)31-16-19(23(3,4)5)25-22(30)18(11-7-2)15-20(28)26-24(17-27)13-9-10-14-24/h6-7,18-19,27H,1-2,8-17H2,3-5H3,(H,25,30)(H,26,28)/t18-,19+/m0/s1. The molecular weight excluding hydrogens is 396 g/mol. The maximum Gasteiger partial charge on any atom is 0.306 e. The van der Waals surface area contributed by atoms with Gasteiger partial charge < -0.3 is 20.5 Å². The van der Waals surface area contributed by atoms with Gasteiger partial charge in [-0.25, -0.2) is 0 Å². The summed E-state index contributed by atoms with van der Waals surface area (Å²) in [6.07, 6.45) is 7.85. The second kappa shape index (κ2) is 12.6. The van der Waals surface area contributed by atoms with E-state index in [0.717, 1.165) is 25.7 Å². The van der Waals surface area contributed by atoms with Crippen LogP contribution in [-0.4, -0.2) is 47.7 Å². The van der Waals surface area contributed by atoms with Crippen LogP contribution in [0.5, 0.6) is 0 Å². The zero-order valence-electron chi connectivity index (χ0n) is 19.4. The molecule has 0 radical (unpaired) electrons. The van der Waals surface area contributed by atoms with Gasteiger partial charge in [0.05, 0.1) is 24.1 Å². The third-order valence-corrected chi connectivity index (χ3v) is 5.85. The van der Waals surface area contributed by atoms with Crippen molar-refractivity contribution >= 4 is 17.8 Å². The lowest BCUT2D eigenvalue weighted by Gasteiger charge is -2.32. The minimum atomic E-state index is -0.587. The quantitative estimate of drug-likeness (QED) is 0.304. The highest BCUT2D eigenvalue weighted by molar-refractivity contribution is 5.86. The molecule has 0 spiro atoms. The second-order valence-corrected chi connectivity index (χ2v) is 9.56. The minimum Gasteiger partial charge on any atom is -0.463 e. The zero-order valence-corrected chi connectivity index (χ0v) is 19.4. The van der Waals surface area contributed by atoms with Gasteiger partial charge in [-0.1, -0.05) is 45.8 Å². The highest BCUT2D eigenvalue weighted by atomic mass is 16.5. The zero-order chi connectivity index (χ0) is 23.5. The van der Waals surface area contributed by atoms with Crippen LogP contribution in [0.4, 0.5) is 0 Å². The first-order valence-corrected chi connectivity index (χ1v) is 11.2. The van der Waals surface area contributed by atoms with Crippen molar-refractivity contribution in [3.63, 3.8) is 0 Å². The van der Waals surface area contributed by atoms with Crippen molar-refractivity contribution in [3.8, 4) is 0 Å². The lowest BCUT2D eigenvalue weighted by molar-refractivity contribution is -0.146. The average molecular weight is 437 g/mol. The fourth-order valence-corrected chi connectivity index (χ4v) is 3.70. The molecule has 1 aliphatic carbocycles. The Bertz CT molecular complexity index is 632. The molecule has 7 heteroatoms. The maximum absolute atomic E-state index is 13.0. The molecular formula is C24H40N2O5. The molecule has 1 aliphatic rings. The van der Waals surface area contributed by atoms with E-state index in [1.165, 1.54) is 0 Å². The lowest BCUT2D eigenvalue weighted by Crippen LogP contribution is -2.51. The van der Waals surface area contributed by atoms with Crippen LogP contribution in [0.15, 0.2) is 25.3 Å². The van der Waals surface area contributed by atoms with Crippen LogP contribution in [-0.2, 0) is 19.1 Å². The van der Waals surface area contributed by atoms with Gasteiger partial charge in [-0.15, -0.1) is 13.2 Å². The van der Waals surface area contributed by atoms with Gasteiger partial charge in [0.1, 0.15) is 6.61 Å². The first-order valence-electron chi connectivity index (χ1n) is 11.2. The second-order valence-electron chi connectivity index (χ2n) is 9.56. The number of nitrogens with one attached hydrogen (secondary N) is 2. The summed E-state index contributed by atoms with van der Waals surface area (Å²) in [5.74, 6) is -1.45. The van der Waals surface area contributed by atoms with Crippen LogP contribution >= 0.6 is 0 Å². The summed E-state index contributed by atoms with van der Waals surface area (Å²) in [7, 11) is 0. The Morgan fingerprint density at radius 3 is 2.32 bits per heavy atom. The van der Waals surface area contributed by atoms with Gasteiger partial charge >= 0.3 is 5.97 Å². The number of carbonyl (C=O) groups is 3. The number of hydrogen-bond acceptors (Lipinski definition) is 5. The number of amides is 2. The van der Waals surface area contributed by atoms with Gasteiger partial charge in [-0.05, 0) is 31.1 Å². The summed E-state index contributed by atoms with van der Waals surface area (Å²) in [5.41, 5.74) is -0.917. The van der Waals surface area contributed by atoms with Crippen molar-refractivity contribution in [3.05, 3.63) is 25.3 Å². The summed E-state index contributed by atoms with van der Waals surface area (Å²) in [6, 6.07) is -0.401. The van der Waals surface area contributed by atoms with E-state index in [9.17, 15) is 19.5 Å². The summed E-state index contributed by atoms with van der Waals surface area (Å²) in [4.78, 5) is 37.5. The molecule has 1 rings (SSSR count). The number of ether oxygens (including phenoxy) is 1. The van der Waals surface area contributed by atoms with E-state index in [0.29, 0.717) is 12.8 Å². The Morgan fingerprint density at radius 2 is 1.81 bits per heavy atom. The van der Waals surface area contributed by atoms with Crippen LogP contribution in [0.3, 0.4) is 0 Å². The van der Waals surface area contributed by atoms with Gasteiger partial charge in [0.15, 0.2) is 0 Å². The van der Waals surface area contributed by atoms with E-state index in [1.54, 1.807) is 12.2 Å². The molecule has 0 heterocycles. The summed E-state index contributed by atoms with van der Waals surface area (Å²) < 4.78 is 5.34. The van der Waals surface area contributed by atoms with Crippen molar-refractivity contribution in [1.82, 2.24) is 10.6 Å². The molecule has 0 saturated heterocycles. The molecule has 1 saturated carbocycles.